The van der Waals surface area contributed by atoms with Crippen LogP contribution < -0.4 is 15.7 Å². The number of furan rings is 1. The van der Waals surface area contributed by atoms with Gasteiger partial charge in [0.05, 0.1) is 11.9 Å². The Kier molecular flexibility index (Phi) is 6.46. The van der Waals surface area contributed by atoms with E-state index < -0.39 is 11.5 Å². The second kappa shape index (κ2) is 9.97. The molecule has 3 N–H and O–H groups in total. The molecule has 0 saturated heterocycles. The zero-order valence-corrected chi connectivity index (χ0v) is 17.6. The number of ether oxygens (including phenoxy) is 1. The molecule has 0 fully saturated rings. The average molecular weight is 455 g/mol. The molecule has 0 amide bonds. The van der Waals surface area contributed by atoms with E-state index in [-0.39, 0.29) is 29.6 Å². The van der Waals surface area contributed by atoms with Crippen LogP contribution in [0.1, 0.15) is 27.4 Å². The molecule has 0 radical (unpaired) electrons. The minimum atomic E-state index is -1.16. The van der Waals surface area contributed by atoms with Gasteiger partial charge in [-0.15, -0.1) is 0 Å². The number of aromatic amines is 1. The highest BCUT2D eigenvalue weighted by molar-refractivity contribution is 5.84. The van der Waals surface area contributed by atoms with Gasteiger partial charge in [0.25, 0.3) is 5.56 Å². The van der Waals surface area contributed by atoms with E-state index in [1.165, 1.54) is 18.3 Å². The van der Waals surface area contributed by atoms with E-state index in [9.17, 15) is 14.9 Å². The summed E-state index contributed by atoms with van der Waals surface area (Å²) in [6.45, 7) is 0.0243. The molecule has 4 aromatic rings. The molecule has 10 heteroatoms. The number of carbonyl (C=O) groups is 1. The summed E-state index contributed by atoms with van der Waals surface area (Å²) in [6, 6.07) is 20.7. The Hall–Kier alpha value is -5.17. The number of aromatic nitrogens is 2. The molecule has 2 aromatic carbocycles. The molecule has 2 heterocycles. The van der Waals surface area contributed by atoms with Gasteiger partial charge in [-0.1, -0.05) is 42.5 Å². The number of carboxylic acid groups (broad SMARTS) is 1. The van der Waals surface area contributed by atoms with Crippen LogP contribution in [0.2, 0.25) is 0 Å². The molecule has 168 valence electrons. The SMILES string of the molecule is N#Cc1c(-c2ccccc2)nc(NN=Cc2ccccc2OCc2ccc(C(=O)O)o2)[nH]c1=O. The highest BCUT2D eigenvalue weighted by atomic mass is 16.5. The number of H-pyrrole nitrogens is 1. The number of carboxylic acids is 1. The number of rotatable bonds is 8. The van der Waals surface area contributed by atoms with Crippen molar-refractivity contribution in [1.82, 2.24) is 9.97 Å². The van der Waals surface area contributed by atoms with Crippen LogP contribution in [-0.4, -0.2) is 27.3 Å². The molecule has 0 unspecified atom stereocenters. The second-order valence-electron chi connectivity index (χ2n) is 6.88. The van der Waals surface area contributed by atoms with Crippen molar-refractivity contribution >= 4 is 18.1 Å². The van der Waals surface area contributed by atoms with Crippen molar-refractivity contribution in [2.75, 3.05) is 5.43 Å². The van der Waals surface area contributed by atoms with E-state index in [0.717, 1.165) is 0 Å². The van der Waals surface area contributed by atoms with Crippen molar-refractivity contribution in [3.8, 4) is 23.1 Å². The quantitative estimate of drug-likeness (QED) is 0.269. The summed E-state index contributed by atoms with van der Waals surface area (Å²) in [6.07, 6.45) is 1.47. The van der Waals surface area contributed by atoms with Gasteiger partial charge in [-0.25, -0.2) is 15.2 Å². The first-order valence-corrected chi connectivity index (χ1v) is 9.98. The second-order valence-corrected chi connectivity index (χ2v) is 6.88. The van der Waals surface area contributed by atoms with Crippen molar-refractivity contribution < 1.29 is 19.1 Å². The summed E-state index contributed by atoms with van der Waals surface area (Å²) in [5.74, 6) is -0.428. The van der Waals surface area contributed by atoms with Crippen molar-refractivity contribution in [2.45, 2.75) is 6.61 Å². The van der Waals surface area contributed by atoms with Crippen LogP contribution in [0.15, 0.2) is 81.0 Å². The van der Waals surface area contributed by atoms with Gasteiger partial charge in [0.1, 0.15) is 29.7 Å². The van der Waals surface area contributed by atoms with E-state index in [2.05, 4.69) is 20.5 Å². The van der Waals surface area contributed by atoms with Crippen LogP contribution in [0.5, 0.6) is 5.75 Å². The molecule has 34 heavy (non-hydrogen) atoms. The standard InChI is InChI=1S/C24H17N5O5/c25-12-18-21(15-6-2-1-3-7-15)27-24(28-22(18)30)29-26-13-16-8-4-5-9-19(16)33-14-17-10-11-20(34-17)23(31)32/h1-11,13H,14H2,(H,31,32)(H2,27,28,29,30). The number of hydrazone groups is 1. The van der Waals surface area contributed by atoms with Gasteiger partial charge in [-0.3, -0.25) is 9.78 Å². The number of nitrogens with one attached hydrogen (secondary N) is 2. The van der Waals surface area contributed by atoms with Gasteiger partial charge in [0.2, 0.25) is 11.7 Å². The van der Waals surface area contributed by atoms with Crippen molar-refractivity contribution in [1.29, 1.82) is 5.26 Å². The van der Waals surface area contributed by atoms with Gasteiger partial charge < -0.3 is 14.3 Å². The summed E-state index contributed by atoms with van der Waals surface area (Å²) in [4.78, 5) is 30.1. The van der Waals surface area contributed by atoms with Crippen LogP contribution in [0.25, 0.3) is 11.3 Å². The Bertz CT molecular complexity index is 1450. The first-order valence-electron chi connectivity index (χ1n) is 9.98. The largest absolute Gasteiger partial charge is 0.485 e. The molecule has 4 rings (SSSR count). The van der Waals surface area contributed by atoms with E-state index in [0.29, 0.717) is 22.6 Å². The first kappa shape index (κ1) is 22.0. The van der Waals surface area contributed by atoms with E-state index in [1.807, 2.05) is 12.1 Å². The minimum Gasteiger partial charge on any atom is -0.485 e. The molecule has 0 atom stereocenters. The monoisotopic (exact) mass is 455 g/mol. The fourth-order valence-electron chi connectivity index (χ4n) is 3.04. The van der Waals surface area contributed by atoms with Crippen LogP contribution >= 0.6 is 0 Å². The fourth-order valence-corrected chi connectivity index (χ4v) is 3.04. The summed E-state index contributed by atoms with van der Waals surface area (Å²) in [7, 11) is 0. The van der Waals surface area contributed by atoms with Crippen LogP contribution in [-0.2, 0) is 6.61 Å². The highest BCUT2D eigenvalue weighted by Crippen LogP contribution is 2.20. The molecule has 0 bridgehead atoms. The number of benzene rings is 2. The normalized spacial score (nSPS) is 10.7. The van der Waals surface area contributed by atoms with Gasteiger partial charge >= 0.3 is 5.97 Å². The number of nitriles is 1. The minimum absolute atomic E-state index is 0.0243. The molecule has 2 aromatic heterocycles. The summed E-state index contributed by atoms with van der Waals surface area (Å²) >= 11 is 0. The first-order chi connectivity index (χ1) is 16.5. The average Bonchev–Trinajstić information content (AvgIpc) is 3.33. The van der Waals surface area contributed by atoms with E-state index >= 15 is 0 Å². The molecule has 0 spiro atoms. The molecular formula is C24H17N5O5. The maximum Gasteiger partial charge on any atom is 0.371 e. The zero-order chi connectivity index (χ0) is 23.9. The summed E-state index contributed by atoms with van der Waals surface area (Å²) in [5, 5.41) is 22.4. The van der Waals surface area contributed by atoms with Crippen LogP contribution in [0.3, 0.4) is 0 Å². The molecule has 0 aliphatic heterocycles. The van der Waals surface area contributed by atoms with Crippen molar-refractivity contribution in [3.05, 3.63) is 99.7 Å². The molecule has 0 aliphatic rings. The predicted octanol–water partition coefficient (Wildman–Crippen LogP) is 3.62. The van der Waals surface area contributed by atoms with Gasteiger partial charge in [0, 0.05) is 11.1 Å². The van der Waals surface area contributed by atoms with Gasteiger partial charge in [-0.2, -0.15) is 10.4 Å². The van der Waals surface area contributed by atoms with Crippen molar-refractivity contribution in [3.63, 3.8) is 0 Å². The van der Waals surface area contributed by atoms with Gasteiger partial charge in [0.15, 0.2) is 0 Å². The maximum absolute atomic E-state index is 12.3. The van der Waals surface area contributed by atoms with Crippen LogP contribution in [0, 0.1) is 11.3 Å². The Labute approximate surface area is 192 Å². The van der Waals surface area contributed by atoms with Crippen molar-refractivity contribution in [2.24, 2.45) is 5.10 Å². The molecule has 0 saturated carbocycles. The third-order valence-electron chi connectivity index (χ3n) is 4.61. The lowest BCUT2D eigenvalue weighted by molar-refractivity contribution is 0.0658. The number of nitrogens with zero attached hydrogens (tertiary/aromatic N) is 3. The smallest absolute Gasteiger partial charge is 0.371 e. The third-order valence-corrected chi connectivity index (χ3v) is 4.61. The number of anilines is 1. The lowest BCUT2D eigenvalue weighted by Crippen LogP contribution is -2.16. The Morgan fingerprint density at radius 1 is 1.18 bits per heavy atom. The maximum atomic E-state index is 12.3. The fraction of sp³-hybridized carbons (Fsp3) is 0.0417. The topological polar surface area (TPSA) is 154 Å². The van der Waals surface area contributed by atoms with E-state index in [4.69, 9.17) is 14.3 Å². The Balaban J connectivity index is 1.51. The lowest BCUT2D eigenvalue weighted by Gasteiger charge is -2.08. The highest BCUT2D eigenvalue weighted by Gasteiger charge is 2.13. The molecular weight excluding hydrogens is 438 g/mol. The summed E-state index contributed by atoms with van der Waals surface area (Å²) in [5.41, 5.74) is 3.46. The summed E-state index contributed by atoms with van der Waals surface area (Å²) < 4.78 is 10.9. The molecule has 10 nitrogen and oxygen atoms in total. The number of aromatic carboxylic acids is 1. The van der Waals surface area contributed by atoms with Crippen LogP contribution in [0.4, 0.5) is 5.95 Å². The third kappa shape index (κ3) is 5.00. The number of para-hydroxylation sites is 1. The van der Waals surface area contributed by atoms with Gasteiger partial charge in [-0.05, 0) is 24.3 Å². The molecule has 0 aliphatic carbocycles. The van der Waals surface area contributed by atoms with E-state index in [1.54, 1.807) is 48.5 Å². The Morgan fingerprint density at radius 3 is 2.68 bits per heavy atom. The lowest BCUT2D eigenvalue weighted by atomic mass is 10.1. The zero-order valence-electron chi connectivity index (χ0n) is 17.6. The Morgan fingerprint density at radius 2 is 1.94 bits per heavy atom. The predicted molar refractivity (Wildman–Crippen MR) is 123 cm³/mol. The number of hydrogen-bond donors (Lipinski definition) is 3. The number of hydrogen-bond acceptors (Lipinski definition) is 8.